The molecule has 2 aliphatic rings. The van der Waals surface area contributed by atoms with Crippen molar-refractivity contribution in [3.63, 3.8) is 0 Å². The van der Waals surface area contributed by atoms with Crippen molar-refractivity contribution in [2.24, 2.45) is 0 Å². The number of anilines is 1. The van der Waals surface area contributed by atoms with Crippen LogP contribution in [0.3, 0.4) is 0 Å². The topological polar surface area (TPSA) is 66.5 Å². The van der Waals surface area contributed by atoms with E-state index in [1.165, 1.54) is 26.2 Å². The number of hydrogen-bond donors (Lipinski definition) is 1. The van der Waals surface area contributed by atoms with Gasteiger partial charge in [0.2, 0.25) is 15.9 Å². The monoisotopic (exact) mass is 350 g/mol. The largest absolute Gasteiger partial charge is 0.312 e. The highest BCUT2D eigenvalue weighted by atomic mass is 32.2. The predicted molar refractivity (Wildman–Crippen MR) is 94.6 cm³/mol. The first-order valence-corrected chi connectivity index (χ1v) is 10.4. The molecule has 1 saturated carbocycles. The van der Waals surface area contributed by atoms with E-state index >= 15 is 0 Å². The maximum absolute atomic E-state index is 12.7. The van der Waals surface area contributed by atoms with Gasteiger partial charge in [0.15, 0.2) is 0 Å². The third-order valence-corrected chi connectivity index (χ3v) is 6.58. The van der Waals surface area contributed by atoms with Gasteiger partial charge in [0.05, 0.1) is 4.90 Å². The summed E-state index contributed by atoms with van der Waals surface area (Å²) in [4.78, 5) is 13.6. The van der Waals surface area contributed by atoms with Crippen molar-refractivity contribution < 1.29 is 13.2 Å². The summed E-state index contributed by atoms with van der Waals surface area (Å²) in [5.74, 6) is -0.00278. The second-order valence-electron chi connectivity index (χ2n) is 6.87. The summed E-state index contributed by atoms with van der Waals surface area (Å²) in [5, 5.41) is 0. The van der Waals surface area contributed by atoms with Crippen LogP contribution >= 0.6 is 0 Å². The fourth-order valence-electron chi connectivity index (χ4n) is 3.73. The second-order valence-corrected chi connectivity index (χ2v) is 8.59. The van der Waals surface area contributed by atoms with E-state index in [-0.39, 0.29) is 11.9 Å². The number of rotatable bonds is 3. The van der Waals surface area contributed by atoms with Crippen LogP contribution in [-0.2, 0) is 21.2 Å². The summed E-state index contributed by atoms with van der Waals surface area (Å²) in [6.45, 7) is 2.17. The third-order valence-electron chi connectivity index (χ3n) is 5.06. The van der Waals surface area contributed by atoms with E-state index in [1.807, 2.05) is 0 Å². The van der Waals surface area contributed by atoms with Gasteiger partial charge in [0.1, 0.15) is 0 Å². The van der Waals surface area contributed by atoms with E-state index in [9.17, 15) is 13.2 Å². The minimum absolute atomic E-state index is 0.00278. The lowest BCUT2D eigenvalue weighted by atomic mass is 9.97. The molecule has 6 heteroatoms. The minimum Gasteiger partial charge on any atom is -0.312 e. The summed E-state index contributed by atoms with van der Waals surface area (Å²) in [6.07, 6.45) is 8.37. The Kier molecular flexibility index (Phi) is 5.25. The molecule has 1 aromatic rings. The van der Waals surface area contributed by atoms with Crippen LogP contribution in [0.5, 0.6) is 0 Å². The van der Waals surface area contributed by atoms with Crippen molar-refractivity contribution in [1.82, 2.24) is 4.72 Å². The normalized spacial score (nSPS) is 19.6. The quantitative estimate of drug-likeness (QED) is 0.911. The van der Waals surface area contributed by atoms with E-state index in [2.05, 4.69) is 4.72 Å². The van der Waals surface area contributed by atoms with Gasteiger partial charge in [-0.3, -0.25) is 4.79 Å². The Labute approximate surface area is 144 Å². The molecular weight excluding hydrogens is 324 g/mol. The van der Waals surface area contributed by atoms with Crippen LogP contribution in [0, 0.1) is 0 Å². The van der Waals surface area contributed by atoms with Crippen LogP contribution in [0.2, 0.25) is 0 Å². The number of sulfonamides is 1. The molecule has 24 heavy (non-hydrogen) atoms. The minimum atomic E-state index is -3.50. The van der Waals surface area contributed by atoms with Gasteiger partial charge in [-0.2, -0.15) is 0 Å². The first-order valence-electron chi connectivity index (χ1n) is 8.91. The van der Waals surface area contributed by atoms with Gasteiger partial charge in [-0.15, -0.1) is 0 Å². The summed E-state index contributed by atoms with van der Waals surface area (Å²) < 4.78 is 28.3. The van der Waals surface area contributed by atoms with Crippen LogP contribution in [0.15, 0.2) is 23.1 Å². The maximum Gasteiger partial charge on any atom is 0.240 e. The van der Waals surface area contributed by atoms with E-state index in [0.717, 1.165) is 36.9 Å². The van der Waals surface area contributed by atoms with Gasteiger partial charge in [-0.1, -0.05) is 32.1 Å². The van der Waals surface area contributed by atoms with Crippen molar-refractivity contribution in [3.8, 4) is 0 Å². The number of fused-ring (bicyclic) bond motifs is 1. The number of nitrogens with one attached hydrogen (secondary N) is 1. The summed E-state index contributed by atoms with van der Waals surface area (Å²) >= 11 is 0. The fourth-order valence-corrected chi connectivity index (χ4v) is 5.09. The first kappa shape index (κ1) is 17.4. The Hall–Kier alpha value is -1.40. The molecule has 1 aliphatic heterocycles. The zero-order valence-corrected chi connectivity index (χ0v) is 15.1. The van der Waals surface area contributed by atoms with Gasteiger partial charge in [0, 0.05) is 25.2 Å². The average Bonchev–Trinajstić information content (AvgIpc) is 2.93. The zero-order chi connectivity index (χ0) is 17.2. The van der Waals surface area contributed by atoms with Crippen molar-refractivity contribution in [2.75, 3.05) is 11.4 Å². The second kappa shape index (κ2) is 7.23. The summed E-state index contributed by atoms with van der Waals surface area (Å²) in [7, 11) is -3.50. The Morgan fingerprint density at radius 2 is 1.79 bits per heavy atom. The van der Waals surface area contributed by atoms with E-state index in [1.54, 1.807) is 23.1 Å². The summed E-state index contributed by atoms with van der Waals surface area (Å²) in [5.41, 5.74) is 1.78. The molecule has 1 aliphatic carbocycles. The van der Waals surface area contributed by atoms with Gasteiger partial charge in [-0.05, 0) is 43.0 Å². The highest BCUT2D eigenvalue weighted by molar-refractivity contribution is 7.89. The summed E-state index contributed by atoms with van der Waals surface area (Å²) in [6, 6.07) is 5.14. The van der Waals surface area contributed by atoms with Crippen LogP contribution in [0.25, 0.3) is 0 Å². The molecule has 5 nitrogen and oxygen atoms in total. The molecule has 0 aromatic heterocycles. The van der Waals surface area contributed by atoms with E-state index in [0.29, 0.717) is 17.9 Å². The predicted octanol–water partition coefficient (Wildman–Crippen LogP) is 2.99. The maximum atomic E-state index is 12.7. The molecule has 0 bridgehead atoms. The Bertz CT molecular complexity index is 707. The standard InChI is InChI=1S/C18H26N2O3S/c1-14(21)20-12-11-15-13-17(9-10-18(15)20)24(22,23)19-16-7-5-3-2-4-6-8-16/h9-10,13,16,19H,2-8,11-12H2,1H3. The Morgan fingerprint density at radius 3 is 2.46 bits per heavy atom. The Morgan fingerprint density at radius 1 is 1.12 bits per heavy atom. The molecule has 0 radical (unpaired) electrons. The fraction of sp³-hybridized carbons (Fsp3) is 0.611. The van der Waals surface area contributed by atoms with Crippen molar-refractivity contribution >= 4 is 21.6 Å². The van der Waals surface area contributed by atoms with Crippen LogP contribution in [0.1, 0.15) is 57.4 Å². The zero-order valence-electron chi connectivity index (χ0n) is 14.3. The average molecular weight is 350 g/mol. The lowest BCUT2D eigenvalue weighted by Gasteiger charge is -2.21. The number of amides is 1. The number of nitrogens with zero attached hydrogens (tertiary/aromatic N) is 1. The molecule has 0 atom stereocenters. The SMILES string of the molecule is CC(=O)N1CCc2cc(S(=O)(=O)NC3CCCCCCC3)ccc21. The van der Waals surface area contributed by atoms with E-state index < -0.39 is 10.0 Å². The highest BCUT2D eigenvalue weighted by Gasteiger charge is 2.26. The Balaban J connectivity index is 1.76. The van der Waals surface area contributed by atoms with Gasteiger partial charge in [0.25, 0.3) is 0 Å². The number of carbonyl (C=O) groups excluding carboxylic acids is 1. The van der Waals surface area contributed by atoms with Crippen molar-refractivity contribution in [1.29, 1.82) is 0 Å². The lowest BCUT2D eigenvalue weighted by Crippen LogP contribution is -2.35. The van der Waals surface area contributed by atoms with E-state index in [4.69, 9.17) is 0 Å². The van der Waals surface area contributed by atoms with Gasteiger partial charge in [-0.25, -0.2) is 13.1 Å². The molecule has 0 saturated heterocycles. The van der Waals surface area contributed by atoms with Crippen LogP contribution in [-0.4, -0.2) is 26.9 Å². The van der Waals surface area contributed by atoms with Crippen molar-refractivity contribution in [2.45, 2.75) is 69.2 Å². The van der Waals surface area contributed by atoms with Crippen molar-refractivity contribution in [3.05, 3.63) is 23.8 Å². The number of hydrogen-bond acceptors (Lipinski definition) is 3. The number of benzene rings is 1. The molecule has 1 N–H and O–H groups in total. The highest BCUT2D eigenvalue weighted by Crippen LogP contribution is 2.30. The molecule has 1 aromatic carbocycles. The van der Waals surface area contributed by atoms with Crippen LogP contribution < -0.4 is 9.62 Å². The molecule has 0 spiro atoms. The lowest BCUT2D eigenvalue weighted by molar-refractivity contribution is -0.116. The molecule has 132 valence electrons. The number of carbonyl (C=O) groups is 1. The first-order chi connectivity index (χ1) is 11.5. The smallest absolute Gasteiger partial charge is 0.240 e. The molecule has 0 unspecified atom stereocenters. The van der Waals surface area contributed by atoms with Crippen LogP contribution in [0.4, 0.5) is 5.69 Å². The molecule has 1 heterocycles. The van der Waals surface area contributed by atoms with Gasteiger partial charge >= 0.3 is 0 Å². The molecule has 3 rings (SSSR count). The third kappa shape index (κ3) is 3.81. The van der Waals surface area contributed by atoms with Gasteiger partial charge < -0.3 is 4.90 Å². The molecular formula is C18H26N2O3S. The molecule has 1 amide bonds. The molecule has 1 fully saturated rings.